The molecule has 0 unspecified atom stereocenters. The largest absolute Gasteiger partial charge is 0.372 e. The summed E-state index contributed by atoms with van der Waals surface area (Å²) in [4.78, 5) is 25.9. The van der Waals surface area contributed by atoms with Crippen LogP contribution in [0, 0.1) is 5.82 Å². The third kappa shape index (κ3) is 4.41. The predicted molar refractivity (Wildman–Crippen MR) is 124 cm³/mol. The van der Waals surface area contributed by atoms with E-state index in [0.29, 0.717) is 21.9 Å². The van der Waals surface area contributed by atoms with E-state index in [1.54, 1.807) is 23.4 Å². The summed E-state index contributed by atoms with van der Waals surface area (Å²) in [5, 5.41) is 0.460. The monoisotopic (exact) mass is 434 g/mol. The molecule has 0 aliphatic heterocycles. The molecule has 0 N–H and O–H groups in total. The fourth-order valence-electron chi connectivity index (χ4n) is 3.48. The number of halogens is 1. The molecule has 0 fully saturated rings. The van der Waals surface area contributed by atoms with E-state index in [2.05, 4.69) is 28.7 Å². The number of thiazole rings is 1. The van der Waals surface area contributed by atoms with Crippen molar-refractivity contribution in [2.45, 2.75) is 20.4 Å². The van der Waals surface area contributed by atoms with Crippen molar-refractivity contribution >= 4 is 38.3 Å². The molecule has 158 valence electrons. The van der Waals surface area contributed by atoms with Crippen molar-refractivity contribution in [1.29, 1.82) is 0 Å². The molecule has 0 bridgehead atoms. The zero-order chi connectivity index (χ0) is 21.8. The molecule has 2 aromatic carbocycles. The molecule has 31 heavy (non-hydrogen) atoms. The minimum absolute atomic E-state index is 0.186. The third-order valence-electron chi connectivity index (χ3n) is 5.14. The van der Waals surface area contributed by atoms with E-state index in [1.807, 2.05) is 42.5 Å². The summed E-state index contributed by atoms with van der Waals surface area (Å²) in [6.07, 6.45) is 3.41. The van der Waals surface area contributed by atoms with Crippen LogP contribution in [0.4, 0.5) is 15.2 Å². The Morgan fingerprint density at radius 1 is 1.03 bits per heavy atom. The Morgan fingerprint density at radius 3 is 2.45 bits per heavy atom. The maximum absolute atomic E-state index is 14.2. The molecule has 2 heterocycles. The smallest absolute Gasteiger partial charge is 0.260 e. The number of hydrogen-bond donors (Lipinski definition) is 0. The summed E-state index contributed by atoms with van der Waals surface area (Å²) in [5.41, 5.74) is 2.78. The second-order valence-corrected chi connectivity index (χ2v) is 8.06. The number of hydrogen-bond acceptors (Lipinski definition) is 5. The van der Waals surface area contributed by atoms with Crippen LogP contribution in [0.25, 0.3) is 10.2 Å². The lowest BCUT2D eigenvalue weighted by Crippen LogP contribution is -2.30. The molecule has 0 aliphatic rings. The zero-order valence-corrected chi connectivity index (χ0v) is 18.3. The van der Waals surface area contributed by atoms with Crippen LogP contribution in [0.1, 0.15) is 29.8 Å². The van der Waals surface area contributed by atoms with E-state index in [0.717, 1.165) is 24.3 Å². The van der Waals surface area contributed by atoms with Crippen LogP contribution in [0.15, 0.2) is 67.0 Å². The van der Waals surface area contributed by atoms with Gasteiger partial charge in [-0.1, -0.05) is 23.5 Å². The molecule has 0 atom stereocenters. The van der Waals surface area contributed by atoms with Crippen molar-refractivity contribution in [3.8, 4) is 0 Å². The number of anilines is 2. The van der Waals surface area contributed by atoms with Gasteiger partial charge < -0.3 is 4.90 Å². The van der Waals surface area contributed by atoms with Gasteiger partial charge in [-0.15, -0.1) is 0 Å². The topological polar surface area (TPSA) is 49.3 Å². The van der Waals surface area contributed by atoms with Gasteiger partial charge in [0.05, 0.1) is 11.2 Å². The van der Waals surface area contributed by atoms with Crippen LogP contribution < -0.4 is 9.80 Å². The first-order valence-corrected chi connectivity index (χ1v) is 11.0. The van der Waals surface area contributed by atoms with Crippen molar-refractivity contribution < 1.29 is 9.18 Å². The first-order valence-electron chi connectivity index (χ1n) is 10.2. The average molecular weight is 435 g/mol. The summed E-state index contributed by atoms with van der Waals surface area (Å²) in [5.74, 6) is -0.577. The van der Waals surface area contributed by atoms with E-state index in [-0.39, 0.29) is 11.4 Å². The van der Waals surface area contributed by atoms with Crippen LogP contribution in [-0.2, 0) is 6.54 Å². The minimum Gasteiger partial charge on any atom is -0.372 e. The number of amides is 1. The second-order valence-electron chi connectivity index (χ2n) is 7.05. The fourth-order valence-corrected chi connectivity index (χ4v) is 4.46. The lowest BCUT2D eigenvalue weighted by molar-refractivity contribution is 0.0985. The molecule has 5 nitrogen and oxygen atoms in total. The van der Waals surface area contributed by atoms with E-state index in [4.69, 9.17) is 0 Å². The van der Waals surface area contributed by atoms with Gasteiger partial charge in [-0.05, 0) is 61.9 Å². The van der Waals surface area contributed by atoms with Crippen molar-refractivity contribution in [1.82, 2.24) is 9.97 Å². The first-order chi connectivity index (χ1) is 15.1. The lowest BCUT2D eigenvalue weighted by atomic mass is 10.1. The van der Waals surface area contributed by atoms with Gasteiger partial charge in [0.1, 0.15) is 11.3 Å². The molecular formula is C24H23FN4OS. The Hall–Kier alpha value is -3.32. The van der Waals surface area contributed by atoms with Crippen LogP contribution in [0.5, 0.6) is 0 Å². The SMILES string of the molecule is CCN(CC)c1ccc(C(=O)N(Cc2cccnc2)c2nc3c(F)cccc3s2)cc1. The molecule has 0 saturated carbocycles. The van der Waals surface area contributed by atoms with Gasteiger partial charge in [-0.2, -0.15) is 0 Å². The van der Waals surface area contributed by atoms with Crippen molar-refractivity contribution in [3.63, 3.8) is 0 Å². The van der Waals surface area contributed by atoms with E-state index < -0.39 is 5.82 Å². The predicted octanol–water partition coefficient (Wildman–Crippen LogP) is 5.52. The van der Waals surface area contributed by atoms with Gasteiger partial charge in [0, 0.05) is 36.7 Å². The Balaban J connectivity index is 1.71. The summed E-state index contributed by atoms with van der Waals surface area (Å²) >= 11 is 1.30. The molecule has 0 spiro atoms. The minimum atomic E-state index is -0.391. The number of nitrogens with zero attached hydrogens (tertiary/aromatic N) is 4. The van der Waals surface area contributed by atoms with Gasteiger partial charge in [0.15, 0.2) is 5.13 Å². The number of carbonyl (C=O) groups is 1. The molecule has 4 aromatic rings. The molecule has 0 saturated heterocycles. The van der Waals surface area contributed by atoms with E-state index in [9.17, 15) is 9.18 Å². The fraction of sp³-hybridized carbons (Fsp3) is 0.208. The number of rotatable bonds is 7. The number of fused-ring (bicyclic) bond motifs is 1. The zero-order valence-electron chi connectivity index (χ0n) is 17.5. The van der Waals surface area contributed by atoms with Crippen LogP contribution in [0.2, 0.25) is 0 Å². The molecule has 0 radical (unpaired) electrons. The highest BCUT2D eigenvalue weighted by molar-refractivity contribution is 7.22. The maximum atomic E-state index is 14.2. The highest BCUT2D eigenvalue weighted by atomic mass is 32.1. The molecular weight excluding hydrogens is 411 g/mol. The first kappa shape index (κ1) is 20.9. The summed E-state index contributed by atoms with van der Waals surface area (Å²) in [7, 11) is 0. The third-order valence-corrected chi connectivity index (χ3v) is 6.18. The quantitative estimate of drug-likeness (QED) is 0.384. The highest BCUT2D eigenvalue weighted by Crippen LogP contribution is 2.32. The van der Waals surface area contributed by atoms with Crippen molar-refractivity contribution in [3.05, 3.63) is 83.9 Å². The number of benzene rings is 2. The summed E-state index contributed by atoms with van der Waals surface area (Å²) < 4.78 is 14.9. The summed E-state index contributed by atoms with van der Waals surface area (Å²) in [6.45, 7) is 6.29. The molecule has 2 aromatic heterocycles. The van der Waals surface area contributed by atoms with Gasteiger partial charge in [0.2, 0.25) is 0 Å². The number of para-hydroxylation sites is 1. The van der Waals surface area contributed by atoms with Crippen molar-refractivity contribution in [2.75, 3.05) is 22.9 Å². The Morgan fingerprint density at radius 2 is 1.81 bits per heavy atom. The van der Waals surface area contributed by atoms with Crippen molar-refractivity contribution in [2.24, 2.45) is 0 Å². The molecule has 1 amide bonds. The van der Waals surface area contributed by atoms with Crippen LogP contribution >= 0.6 is 11.3 Å². The molecule has 4 rings (SSSR count). The Kier molecular flexibility index (Phi) is 6.23. The molecule has 7 heteroatoms. The normalized spacial score (nSPS) is 10.9. The number of aromatic nitrogens is 2. The molecule has 0 aliphatic carbocycles. The highest BCUT2D eigenvalue weighted by Gasteiger charge is 2.23. The van der Waals surface area contributed by atoms with E-state index >= 15 is 0 Å². The number of pyridine rings is 1. The van der Waals surface area contributed by atoms with Gasteiger partial charge in [-0.25, -0.2) is 9.37 Å². The van der Waals surface area contributed by atoms with Gasteiger partial charge in [0.25, 0.3) is 5.91 Å². The lowest BCUT2D eigenvalue weighted by Gasteiger charge is -2.22. The Bertz CT molecular complexity index is 1170. The standard InChI is InChI=1S/C24H23FN4OS/c1-3-28(4-2)19-12-10-18(11-13-19)23(30)29(16-17-7-6-14-26-15-17)24-27-22-20(25)8-5-9-21(22)31-24/h5-15H,3-4,16H2,1-2H3. The van der Waals surface area contributed by atoms with Crippen LogP contribution in [-0.4, -0.2) is 29.0 Å². The maximum Gasteiger partial charge on any atom is 0.260 e. The number of carbonyl (C=O) groups excluding carboxylic acids is 1. The van der Waals surface area contributed by atoms with E-state index in [1.165, 1.54) is 17.4 Å². The average Bonchev–Trinajstić information content (AvgIpc) is 3.24. The second kappa shape index (κ2) is 9.22. The summed E-state index contributed by atoms with van der Waals surface area (Å²) in [6, 6.07) is 16.2. The van der Waals surface area contributed by atoms with Gasteiger partial charge >= 0.3 is 0 Å². The van der Waals surface area contributed by atoms with Crippen LogP contribution in [0.3, 0.4) is 0 Å². The van der Waals surface area contributed by atoms with Gasteiger partial charge in [-0.3, -0.25) is 14.7 Å². The Labute approximate surface area is 184 Å².